The lowest BCUT2D eigenvalue weighted by Gasteiger charge is -2.10. The molecule has 90 valence electrons. The van der Waals surface area contributed by atoms with Crippen molar-refractivity contribution in [3.63, 3.8) is 0 Å². The van der Waals surface area contributed by atoms with Crippen LogP contribution in [0.25, 0.3) is 0 Å². The van der Waals surface area contributed by atoms with Gasteiger partial charge in [-0.05, 0) is 42.3 Å². The molecular formula is C14H12ClN3. The summed E-state index contributed by atoms with van der Waals surface area (Å²) in [5.41, 5.74) is 3.63. The average molecular weight is 258 g/mol. The number of hydrogen-bond donors (Lipinski definition) is 1. The van der Waals surface area contributed by atoms with Crippen molar-refractivity contribution in [1.29, 1.82) is 5.26 Å². The molecule has 0 radical (unpaired) electrons. The molecule has 0 fully saturated rings. The zero-order chi connectivity index (χ0) is 13.0. The Balaban J connectivity index is 2.16. The minimum Gasteiger partial charge on any atom is -0.380 e. The highest BCUT2D eigenvalue weighted by atomic mass is 35.5. The summed E-state index contributed by atoms with van der Waals surface area (Å²) in [5.74, 6) is 0. The van der Waals surface area contributed by atoms with Gasteiger partial charge >= 0.3 is 0 Å². The molecule has 18 heavy (non-hydrogen) atoms. The lowest BCUT2D eigenvalue weighted by Crippen LogP contribution is -2.02. The molecule has 0 saturated heterocycles. The Bertz CT molecular complexity index is 602. The molecule has 2 aromatic rings. The number of hydrogen-bond acceptors (Lipinski definition) is 3. The van der Waals surface area contributed by atoms with Crippen molar-refractivity contribution in [2.75, 3.05) is 5.32 Å². The van der Waals surface area contributed by atoms with E-state index in [2.05, 4.69) is 16.4 Å². The van der Waals surface area contributed by atoms with E-state index in [9.17, 15) is 0 Å². The summed E-state index contributed by atoms with van der Waals surface area (Å²) in [7, 11) is 0. The highest BCUT2D eigenvalue weighted by Gasteiger charge is 2.03. The molecule has 0 bridgehead atoms. The summed E-state index contributed by atoms with van der Waals surface area (Å²) in [6.07, 6.45) is 3.59. The molecule has 0 aliphatic rings. The Labute approximate surface area is 111 Å². The van der Waals surface area contributed by atoms with Gasteiger partial charge in [-0.15, -0.1) is 0 Å². The molecule has 0 aliphatic carbocycles. The van der Waals surface area contributed by atoms with Crippen LogP contribution in [-0.4, -0.2) is 4.98 Å². The van der Waals surface area contributed by atoms with E-state index in [1.54, 1.807) is 24.4 Å². The molecule has 2 rings (SSSR count). The molecule has 0 amide bonds. The quantitative estimate of drug-likeness (QED) is 0.915. The van der Waals surface area contributed by atoms with Crippen LogP contribution in [0.1, 0.15) is 16.7 Å². The number of anilines is 1. The molecule has 4 heteroatoms. The summed E-state index contributed by atoms with van der Waals surface area (Å²) in [6.45, 7) is 2.67. The maximum Gasteiger partial charge on any atom is 0.0992 e. The fourth-order valence-corrected chi connectivity index (χ4v) is 1.79. The standard InChI is InChI=1S/C14H12ClN3/c1-10-4-5-17-8-12(10)9-18-14-6-11(7-16)2-3-13(14)15/h2-6,8,18H,9H2,1H3. The van der Waals surface area contributed by atoms with Gasteiger partial charge in [-0.3, -0.25) is 4.98 Å². The Morgan fingerprint density at radius 1 is 1.39 bits per heavy atom. The number of aromatic nitrogens is 1. The van der Waals surface area contributed by atoms with E-state index in [0.717, 1.165) is 11.3 Å². The van der Waals surface area contributed by atoms with Crippen LogP contribution in [0.5, 0.6) is 0 Å². The molecule has 3 nitrogen and oxygen atoms in total. The molecule has 0 saturated carbocycles. The van der Waals surface area contributed by atoms with E-state index in [0.29, 0.717) is 17.1 Å². The first-order valence-electron chi connectivity index (χ1n) is 5.53. The fourth-order valence-electron chi connectivity index (χ4n) is 1.60. The zero-order valence-electron chi connectivity index (χ0n) is 9.94. The van der Waals surface area contributed by atoms with E-state index in [1.807, 2.05) is 19.2 Å². The lowest BCUT2D eigenvalue weighted by molar-refractivity contribution is 1.08. The molecule has 1 N–H and O–H groups in total. The van der Waals surface area contributed by atoms with Crippen molar-refractivity contribution < 1.29 is 0 Å². The second-order valence-electron chi connectivity index (χ2n) is 3.96. The van der Waals surface area contributed by atoms with Gasteiger partial charge in [0.1, 0.15) is 0 Å². The summed E-state index contributed by atoms with van der Waals surface area (Å²) >= 11 is 6.07. The van der Waals surface area contributed by atoms with Gasteiger partial charge in [0.15, 0.2) is 0 Å². The predicted molar refractivity (Wildman–Crippen MR) is 72.5 cm³/mol. The lowest BCUT2D eigenvalue weighted by atomic mass is 10.1. The number of nitrogens with zero attached hydrogens (tertiary/aromatic N) is 2. The average Bonchev–Trinajstić information content (AvgIpc) is 2.39. The van der Waals surface area contributed by atoms with E-state index in [1.165, 1.54) is 5.56 Å². The molecule has 1 aromatic heterocycles. The highest BCUT2D eigenvalue weighted by Crippen LogP contribution is 2.23. The predicted octanol–water partition coefficient (Wildman–Crippen LogP) is 3.53. The Hall–Kier alpha value is -2.05. The molecule has 1 heterocycles. The van der Waals surface area contributed by atoms with Gasteiger partial charge in [-0.2, -0.15) is 5.26 Å². The van der Waals surface area contributed by atoms with Crippen LogP contribution in [0.2, 0.25) is 5.02 Å². The van der Waals surface area contributed by atoms with E-state index in [-0.39, 0.29) is 0 Å². The van der Waals surface area contributed by atoms with Crippen molar-refractivity contribution in [2.45, 2.75) is 13.5 Å². The van der Waals surface area contributed by atoms with Crippen molar-refractivity contribution in [1.82, 2.24) is 4.98 Å². The highest BCUT2D eigenvalue weighted by molar-refractivity contribution is 6.33. The van der Waals surface area contributed by atoms with Crippen molar-refractivity contribution in [2.24, 2.45) is 0 Å². The zero-order valence-corrected chi connectivity index (χ0v) is 10.7. The van der Waals surface area contributed by atoms with Crippen molar-refractivity contribution in [3.05, 3.63) is 58.4 Å². The number of pyridine rings is 1. The Morgan fingerprint density at radius 3 is 2.94 bits per heavy atom. The number of nitriles is 1. The Morgan fingerprint density at radius 2 is 2.22 bits per heavy atom. The van der Waals surface area contributed by atoms with Gasteiger partial charge < -0.3 is 5.32 Å². The molecule has 0 aliphatic heterocycles. The van der Waals surface area contributed by atoms with Crippen LogP contribution in [0.4, 0.5) is 5.69 Å². The van der Waals surface area contributed by atoms with Gasteiger partial charge in [-0.25, -0.2) is 0 Å². The van der Waals surface area contributed by atoms with Crippen LogP contribution in [0.3, 0.4) is 0 Å². The van der Waals surface area contributed by atoms with Crippen LogP contribution in [0, 0.1) is 18.3 Å². The second-order valence-corrected chi connectivity index (χ2v) is 4.37. The third kappa shape index (κ3) is 2.79. The summed E-state index contributed by atoms with van der Waals surface area (Å²) in [6, 6.07) is 9.22. The van der Waals surface area contributed by atoms with Gasteiger partial charge in [0, 0.05) is 18.9 Å². The normalized spacial score (nSPS) is 9.83. The largest absolute Gasteiger partial charge is 0.380 e. The van der Waals surface area contributed by atoms with Gasteiger partial charge in [0.2, 0.25) is 0 Å². The molecule has 0 atom stereocenters. The number of aryl methyl sites for hydroxylation is 1. The van der Waals surface area contributed by atoms with Crippen molar-refractivity contribution >= 4 is 17.3 Å². The van der Waals surface area contributed by atoms with E-state index >= 15 is 0 Å². The van der Waals surface area contributed by atoms with Crippen LogP contribution < -0.4 is 5.32 Å². The molecule has 0 unspecified atom stereocenters. The smallest absolute Gasteiger partial charge is 0.0992 e. The SMILES string of the molecule is Cc1ccncc1CNc1cc(C#N)ccc1Cl. The first kappa shape index (κ1) is 12.4. The minimum atomic E-state index is 0.588. The first-order valence-corrected chi connectivity index (χ1v) is 5.91. The summed E-state index contributed by atoms with van der Waals surface area (Å²) in [5, 5.41) is 12.7. The van der Waals surface area contributed by atoms with E-state index in [4.69, 9.17) is 16.9 Å². The number of benzene rings is 1. The topological polar surface area (TPSA) is 48.7 Å². The van der Waals surface area contributed by atoms with E-state index < -0.39 is 0 Å². The summed E-state index contributed by atoms with van der Waals surface area (Å²) in [4.78, 5) is 4.09. The first-order chi connectivity index (χ1) is 8.70. The molecular weight excluding hydrogens is 246 g/mol. The summed E-state index contributed by atoms with van der Waals surface area (Å²) < 4.78 is 0. The number of nitrogens with one attached hydrogen (secondary N) is 1. The second kappa shape index (κ2) is 5.52. The van der Waals surface area contributed by atoms with Crippen LogP contribution in [-0.2, 0) is 6.54 Å². The van der Waals surface area contributed by atoms with Gasteiger partial charge in [-0.1, -0.05) is 11.6 Å². The molecule has 1 aromatic carbocycles. The van der Waals surface area contributed by atoms with Gasteiger partial charge in [0.25, 0.3) is 0 Å². The maximum absolute atomic E-state index is 8.85. The van der Waals surface area contributed by atoms with Crippen LogP contribution in [0.15, 0.2) is 36.7 Å². The monoisotopic (exact) mass is 257 g/mol. The van der Waals surface area contributed by atoms with Crippen molar-refractivity contribution in [3.8, 4) is 6.07 Å². The minimum absolute atomic E-state index is 0.588. The van der Waals surface area contributed by atoms with Gasteiger partial charge in [0.05, 0.1) is 22.3 Å². The molecule has 0 spiro atoms. The third-order valence-corrected chi connectivity index (χ3v) is 3.04. The third-order valence-electron chi connectivity index (χ3n) is 2.71. The maximum atomic E-state index is 8.85. The fraction of sp³-hybridized carbons (Fsp3) is 0.143. The van der Waals surface area contributed by atoms with Crippen LogP contribution >= 0.6 is 11.6 Å². The Kier molecular flexibility index (Phi) is 3.81. The number of rotatable bonds is 3. The number of halogens is 1.